The van der Waals surface area contributed by atoms with Crippen LogP contribution in [0.1, 0.15) is 0 Å². The first-order valence-electron chi connectivity index (χ1n) is 6.44. The fraction of sp³-hybridized carbons (Fsp3) is 0.250. The Kier molecular flexibility index (Phi) is 4.47. The van der Waals surface area contributed by atoms with Crippen molar-refractivity contribution in [3.63, 3.8) is 0 Å². The van der Waals surface area contributed by atoms with Crippen LogP contribution in [0.4, 0.5) is 0 Å². The van der Waals surface area contributed by atoms with E-state index in [-0.39, 0.29) is 0 Å². The Morgan fingerprint density at radius 1 is 0.722 bits per heavy atom. The molecule has 0 radical (unpaired) electrons. The number of benzene rings is 2. The van der Waals surface area contributed by atoms with Crippen LogP contribution in [0.25, 0.3) is 0 Å². The van der Waals surface area contributed by atoms with Gasteiger partial charge >= 0.3 is 117 Å². The molecule has 2 aromatic carbocycles. The monoisotopic (exact) mass is 316 g/mol. The van der Waals surface area contributed by atoms with Gasteiger partial charge in [-0.05, 0) is 0 Å². The van der Waals surface area contributed by atoms with Gasteiger partial charge in [0.1, 0.15) is 0 Å². The summed E-state index contributed by atoms with van der Waals surface area (Å²) in [7, 11) is -1.02. The molecule has 0 spiro atoms. The van der Waals surface area contributed by atoms with E-state index in [9.17, 15) is 0 Å². The number of rotatable bonds is 4. The zero-order chi connectivity index (χ0) is 13.0. The van der Waals surface area contributed by atoms with Crippen LogP contribution in [0.15, 0.2) is 60.7 Å². The third-order valence-corrected chi connectivity index (χ3v) is 15.9. The van der Waals surface area contributed by atoms with Gasteiger partial charge in [-0.15, -0.1) is 0 Å². The van der Waals surface area contributed by atoms with E-state index >= 15 is 0 Å². The van der Waals surface area contributed by atoms with Crippen LogP contribution in [-0.2, 0) is 0 Å². The molecule has 2 heteroatoms. The predicted octanol–water partition coefficient (Wildman–Crippen LogP) is 3.17. The molecular weight excluding hydrogens is 295 g/mol. The number of hydrogen-bond donors (Lipinski definition) is 0. The summed E-state index contributed by atoms with van der Waals surface area (Å²) in [5.74, 6) is 0. The standard InChI is InChI=1S/C16H21AsSi/c1-18(2,3)14-17(15-10-6-4-7-11-15)16-12-8-5-9-13-16/h4-13H,14H2,1-3H3. The van der Waals surface area contributed by atoms with Gasteiger partial charge in [-0.2, -0.15) is 0 Å². The average molecular weight is 316 g/mol. The fourth-order valence-electron chi connectivity index (χ4n) is 2.02. The van der Waals surface area contributed by atoms with Crippen LogP contribution in [0.5, 0.6) is 0 Å². The van der Waals surface area contributed by atoms with Crippen molar-refractivity contribution in [3.8, 4) is 0 Å². The molecule has 0 atom stereocenters. The molecular formula is C16H21AsSi. The molecule has 0 fully saturated rings. The summed E-state index contributed by atoms with van der Waals surface area (Å²) in [5.41, 5.74) is 0. The molecule has 0 unspecified atom stereocenters. The molecule has 0 aliphatic carbocycles. The zero-order valence-electron chi connectivity index (χ0n) is 11.4. The van der Waals surface area contributed by atoms with Crippen molar-refractivity contribution >= 4 is 31.4 Å². The van der Waals surface area contributed by atoms with E-state index in [1.807, 2.05) is 0 Å². The van der Waals surface area contributed by atoms with E-state index in [0.717, 1.165) is 0 Å². The molecule has 0 heterocycles. The van der Waals surface area contributed by atoms with Gasteiger partial charge in [0.25, 0.3) is 0 Å². The average Bonchev–Trinajstić information content (AvgIpc) is 2.37. The summed E-state index contributed by atoms with van der Waals surface area (Å²) >= 11 is -1.09. The molecule has 0 amide bonds. The Balaban J connectivity index is 2.36. The van der Waals surface area contributed by atoms with Crippen LogP contribution < -0.4 is 8.70 Å². The van der Waals surface area contributed by atoms with Gasteiger partial charge in [-0.1, -0.05) is 0 Å². The van der Waals surface area contributed by atoms with Crippen LogP contribution in [0.2, 0.25) is 24.5 Å². The van der Waals surface area contributed by atoms with Crippen molar-refractivity contribution in [1.82, 2.24) is 0 Å². The van der Waals surface area contributed by atoms with Crippen molar-refractivity contribution in [2.45, 2.75) is 24.5 Å². The molecule has 0 bridgehead atoms. The molecule has 0 saturated carbocycles. The molecule has 94 valence electrons. The van der Waals surface area contributed by atoms with E-state index in [0.29, 0.717) is 0 Å². The van der Waals surface area contributed by atoms with Crippen molar-refractivity contribution in [3.05, 3.63) is 60.7 Å². The maximum atomic E-state index is 2.49. The normalized spacial score (nSPS) is 11.8. The molecule has 0 aliphatic heterocycles. The SMILES string of the molecule is C[Si](C)(C)C[As](c1ccccc1)c1ccccc1. The van der Waals surface area contributed by atoms with Crippen molar-refractivity contribution in [1.29, 1.82) is 0 Å². The Labute approximate surface area is 116 Å². The quantitative estimate of drug-likeness (QED) is 0.760. The summed E-state index contributed by atoms with van der Waals surface area (Å²) < 4.78 is 3.19. The summed E-state index contributed by atoms with van der Waals surface area (Å²) in [6.45, 7) is 7.46. The summed E-state index contributed by atoms with van der Waals surface area (Å²) in [4.78, 5) is 1.45. The minimum atomic E-state index is -1.09. The van der Waals surface area contributed by atoms with E-state index in [1.54, 1.807) is 8.70 Å². The van der Waals surface area contributed by atoms with Gasteiger partial charge < -0.3 is 0 Å². The molecule has 18 heavy (non-hydrogen) atoms. The van der Waals surface area contributed by atoms with Crippen molar-refractivity contribution in [2.24, 2.45) is 0 Å². The fourth-order valence-corrected chi connectivity index (χ4v) is 14.5. The van der Waals surface area contributed by atoms with Gasteiger partial charge in [0.2, 0.25) is 0 Å². The van der Waals surface area contributed by atoms with E-state index in [2.05, 4.69) is 80.3 Å². The van der Waals surface area contributed by atoms with Crippen molar-refractivity contribution in [2.75, 3.05) is 0 Å². The third kappa shape index (κ3) is 3.86. The van der Waals surface area contributed by atoms with Gasteiger partial charge in [0, 0.05) is 0 Å². The molecule has 0 aliphatic rings. The second kappa shape index (κ2) is 5.90. The van der Waals surface area contributed by atoms with Crippen molar-refractivity contribution < 1.29 is 0 Å². The predicted molar refractivity (Wildman–Crippen MR) is 86.1 cm³/mol. The second-order valence-electron chi connectivity index (χ2n) is 5.82. The van der Waals surface area contributed by atoms with Crippen LogP contribution in [-0.4, -0.2) is 22.7 Å². The van der Waals surface area contributed by atoms with Gasteiger partial charge in [-0.25, -0.2) is 0 Å². The first-order valence-corrected chi connectivity index (χ1v) is 13.3. The van der Waals surface area contributed by atoms with E-state index in [4.69, 9.17) is 0 Å². The Morgan fingerprint density at radius 2 is 1.11 bits per heavy atom. The molecule has 0 N–H and O–H groups in total. The molecule has 0 nitrogen and oxygen atoms in total. The van der Waals surface area contributed by atoms with E-state index in [1.165, 1.54) is 4.83 Å². The van der Waals surface area contributed by atoms with Gasteiger partial charge in [-0.3, -0.25) is 0 Å². The maximum absolute atomic E-state index is 2.49. The molecule has 2 aromatic rings. The Bertz CT molecular complexity index is 434. The minimum absolute atomic E-state index is 1.02. The molecule has 0 saturated heterocycles. The topological polar surface area (TPSA) is 0 Å². The Hall–Kier alpha value is -0.785. The van der Waals surface area contributed by atoms with E-state index < -0.39 is 22.7 Å². The molecule has 0 aromatic heterocycles. The first kappa shape index (κ1) is 13.6. The van der Waals surface area contributed by atoms with Crippen LogP contribution in [0, 0.1) is 0 Å². The van der Waals surface area contributed by atoms with Gasteiger partial charge in [0.15, 0.2) is 0 Å². The first-order chi connectivity index (χ1) is 8.56. The summed E-state index contributed by atoms with van der Waals surface area (Å²) in [6, 6.07) is 22.3. The zero-order valence-corrected chi connectivity index (χ0v) is 14.3. The van der Waals surface area contributed by atoms with Crippen LogP contribution >= 0.6 is 0 Å². The van der Waals surface area contributed by atoms with Gasteiger partial charge in [0.05, 0.1) is 0 Å². The molecule has 2 rings (SSSR count). The summed E-state index contributed by atoms with van der Waals surface area (Å²) in [6.07, 6.45) is 0. The Morgan fingerprint density at radius 3 is 1.44 bits per heavy atom. The third-order valence-electron chi connectivity index (χ3n) is 2.77. The van der Waals surface area contributed by atoms with Crippen LogP contribution in [0.3, 0.4) is 0 Å². The second-order valence-corrected chi connectivity index (χ2v) is 17.2. The number of hydrogen-bond acceptors (Lipinski definition) is 0. The summed E-state index contributed by atoms with van der Waals surface area (Å²) in [5, 5.41) is 0.